The highest BCUT2D eigenvalue weighted by Gasteiger charge is 2.28. The Balaban J connectivity index is 1.80. The van der Waals surface area contributed by atoms with Gasteiger partial charge in [-0.05, 0) is 18.8 Å². The van der Waals surface area contributed by atoms with Crippen molar-refractivity contribution in [3.63, 3.8) is 0 Å². The second kappa shape index (κ2) is 3.07. The van der Waals surface area contributed by atoms with Gasteiger partial charge in [-0.3, -0.25) is 4.40 Å². The van der Waals surface area contributed by atoms with Gasteiger partial charge in [0.2, 0.25) is 0 Å². The molecule has 1 fully saturated rings. The van der Waals surface area contributed by atoms with Gasteiger partial charge in [-0.2, -0.15) is 0 Å². The lowest BCUT2D eigenvalue weighted by Gasteiger charge is -2.06. The van der Waals surface area contributed by atoms with E-state index in [4.69, 9.17) is 5.73 Å². The second-order valence-electron chi connectivity index (χ2n) is 4.03. The van der Waals surface area contributed by atoms with Gasteiger partial charge < -0.3 is 5.73 Å². The molecule has 2 aromatic heterocycles. The Bertz CT molecular complexity index is 412. The van der Waals surface area contributed by atoms with E-state index < -0.39 is 0 Å². The molecule has 2 aromatic rings. The summed E-state index contributed by atoms with van der Waals surface area (Å²) in [6.07, 6.45) is 7.68. The SMILES string of the molecule is NC(Cc1cn2ccsc2n1)C1CC1. The van der Waals surface area contributed by atoms with E-state index in [-0.39, 0.29) is 0 Å². The minimum Gasteiger partial charge on any atom is -0.327 e. The highest BCUT2D eigenvalue weighted by atomic mass is 32.1. The van der Waals surface area contributed by atoms with Crippen molar-refractivity contribution in [1.82, 2.24) is 9.38 Å². The predicted octanol–water partition coefficient (Wildman–Crippen LogP) is 1.68. The summed E-state index contributed by atoms with van der Waals surface area (Å²) in [5.74, 6) is 0.759. The van der Waals surface area contributed by atoms with Crippen LogP contribution in [-0.2, 0) is 6.42 Å². The number of nitrogens with zero attached hydrogens (tertiary/aromatic N) is 2. The Kier molecular flexibility index (Phi) is 1.85. The Morgan fingerprint density at radius 2 is 2.50 bits per heavy atom. The van der Waals surface area contributed by atoms with Crippen molar-refractivity contribution in [2.75, 3.05) is 0 Å². The van der Waals surface area contributed by atoms with E-state index in [0.29, 0.717) is 6.04 Å². The number of fused-ring (bicyclic) bond motifs is 1. The van der Waals surface area contributed by atoms with Crippen LogP contribution in [0.1, 0.15) is 18.5 Å². The molecule has 0 aromatic carbocycles. The van der Waals surface area contributed by atoms with Crippen LogP contribution in [0.15, 0.2) is 17.8 Å². The quantitative estimate of drug-likeness (QED) is 0.832. The summed E-state index contributed by atoms with van der Waals surface area (Å²) in [4.78, 5) is 5.60. The fourth-order valence-corrected chi connectivity index (χ4v) is 2.53. The number of imidazole rings is 1. The third-order valence-electron chi connectivity index (χ3n) is 2.82. The third kappa shape index (κ3) is 1.44. The van der Waals surface area contributed by atoms with E-state index in [1.807, 2.05) is 11.6 Å². The standard InChI is InChI=1S/C10H13N3S/c11-9(7-1-2-7)5-8-6-13-3-4-14-10(13)12-8/h3-4,6-7,9H,1-2,5,11H2. The van der Waals surface area contributed by atoms with Crippen LogP contribution in [0.4, 0.5) is 0 Å². The fourth-order valence-electron chi connectivity index (χ4n) is 1.81. The van der Waals surface area contributed by atoms with Gasteiger partial charge in [0.05, 0.1) is 5.69 Å². The first-order chi connectivity index (χ1) is 6.83. The van der Waals surface area contributed by atoms with Gasteiger partial charge in [0.15, 0.2) is 4.96 Å². The van der Waals surface area contributed by atoms with E-state index in [9.17, 15) is 0 Å². The van der Waals surface area contributed by atoms with Gasteiger partial charge in [-0.25, -0.2) is 4.98 Å². The van der Waals surface area contributed by atoms with Crippen molar-refractivity contribution in [2.45, 2.75) is 25.3 Å². The van der Waals surface area contributed by atoms with E-state index in [1.54, 1.807) is 11.3 Å². The van der Waals surface area contributed by atoms with Gasteiger partial charge in [-0.15, -0.1) is 11.3 Å². The van der Waals surface area contributed by atoms with Crippen LogP contribution in [0.5, 0.6) is 0 Å². The van der Waals surface area contributed by atoms with E-state index in [2.05, 4.69) is 15.6 Å². The minimum atomic E-state index is 0.319. The van der Waals surface area contributed by atoms with Gasteiger partial charge in [0.25, 0.3) is 0 Å². The summed E-state index contributed by atoms with van der Waals surface area (Å²) < 4.78 is 2.07. The van der Waals surface area contributed by atoms with Crippen molar-refractivity contribution in [2.24, 2.45) is 11.7 Å². The fraction of sp³-hybridized carbons (Fsp3) is 0.500. The largest absolute Gasteiger partial charge is 0.327 e. The van der Waals surface area contributed by atoms with Crippen molar-refractivity contribution < 1.29 is 0 Å². The molecule has 0 saturated heterocycles. The Morgan fingerprint density at radius 3 is 3.21 bits per heavy atom. The Hall–Kier alpha value is -0.870. The molecule has 14 heavy (non-hydrogen) atoms. The highest BCUT2D eigenvalue weighted by Crippen LogP contribution is 2.32. The molecule has 1 atom stereocenters. The molecule has 3 nitrogen and oxygen atoms in total. The number of nitrogens with two attached hydrogens (primary N) is 1. The first-order valence-electron chi connectivity index (χ1n) is 4.99. The molecule has 0 spiro atoms. The molecule has 0 bridgehead atoms. The lowest BCUT2D eigenvalue weighted by molar-refractivity contribution is 0.586. The lowest BCUT2D eigenvalue weighted by Crippen LogP contribution is -2.25. The molecule has 2 heterocycles. The molecule has 4 heteroatoms. The zero-order valence-electron chi connectivity index (χ0n) is 7.89. The van der Waals surface area contributed by atoms with Crippen molar-refractivity contribution >= 4 is 16.3 Å². The molecule has 1 aliphatic carbocycles. The topological polar surface area (TPSA) is 43.3 Å². The monoisotopic (exact) mass is 207 g/mol. The van der Waals surface area contributed by atoms with Crippen LogP contribution in [0.2, 0.25) is 0 Å². The summed E-state index contributed by atoms with van der Waals surface area (Å²) in [7, 11) is 0. The van der Waals surface area contributed by atoms with Gasteiger partial charge >= 0.3 is 0 Å². The van der Waals surface area contributed by atoms with Gasteiger partial charge in [-0.1, -0.05) is 0 Å². The molecular formula is C10H13N3S. The van der Waals surface area contributed by atoms with Gasteiger partial charge in [0, 0.05) is 30.2 Å². The predicted molar refractivity (Wildman–Crippen MR) is 57.5 cm³/mol. The molecule has 1 saturated carbocycles. The average molecular weight is 207 g/mol. The normalized spacial score (nSPS) is 18.9. The number of aromatic nitrogens is 2. The molecule has 1 aliphatic rings. The summed E-state index contributed by atoms with van der Waals surface area (Å²) >= 11 is 1.67. The zero-order valence-corrected chi connectivity index (χ0v) is 8.70. The lowest BCUT2D eigenvalue weighted by atomic mass is 10.1. The van der Waals surface area contributed by atoms with E-state index in [1.165, 1.54) is 12.8 Å². The molecule has 74 valence electrons. The van der Waals surface area contributed by atoms with Crippen LogP contribution in [0, 0.1) is 5.92 Å². The van der Waals surface area contributed by atoms with Gasteiger partial charge in [0.1, 0.15) is 0 Å². The van der Waals surface area contributed by atoms with Crippen LogP contribution < -0.4 is 5.73 Å². The van der Waals surface area contributed by atoms with Crippen molar-refractivity contribution in [3.05, 3.63) is 23.5 Å². The van der Waals surface area contributed by atoms with Crippen LogP contribution in [0.3, 0.4) is 0 Å². The third-order valence-corrected chi connectivity index (χ3v) is 3.59. The number of rotatable bonds is 3. The number of hydrogen-bond acceptors (Lipinski definition) is 3. The summed E-state index contributed by atoms with van der Waals surface area (Å²) in [6, 6.07) is 0.319. The summed E-state index contributed by atoms with van der Waals surface area (Å²) in [5.41, 5.74) is 7.19. The molecule has 1 unspecified atom stereocenters. The Labute approximate surface area is 86.6 Å². The zero-order chi connectivity index (χ0) is 9.54. The average Bonchev–Trinajstić information content (AvgIpc) is 2.80. The van der Waals surface area contributed by atoms with Crippen molar-refractivity contribution in [1.29, 1.82) is 0 Å². The first kappa shape index (κ1) is 8.44. The molecular weight excluding hydrogens is 194 g/mol. The molecule has 2 N–H and O–H groups in total. The van der Waals surface area contributed by atoms with Crippen LogP contribution in [-0.4, -0.2) is 15.4 Å². The maximum absolute atomic E-state index is 6.06. The minimum absolute atomic E-state index is 0.319. The molecule has 3 rings (SSSR count). The summed E-state index contributed by atoms with van der Waals surface area (Å²) in [5, 5.41) is 2.05. The molecule has 0 aliphatic heterocycles. The highest BCUT2D eigenvalue weighted by molar-refractivity contribution is 7.15. The summed E-state index contributed by atoms with van der Waals surface area (Å²) in [6.45, 7) is 0. The molecule has 0 amide bonds. The van der Waals surface area contributed by atoms with Crippen molar-refractivity contribution in [3.8, 4) is 0 Å². The number of hydrogen-bond donors (Lipinski definition) is 1. The molecule has 0 radical (unpaired) electrons. The van der Waals surface area contributed by atoms with Crippen LogP contribution in [0.25, 0.3) is 4.96 Å². The Morgan fingerprint density at radius 1 is 1.64 bits per heavy atom. The van der Waals surface area contributed by atoms with E-state index in [0.717, 1.165) is 23.0 Å². The second-order valence-corrected chi connectivity index (χ2v) is 4.90. The van der Waals surface area contributed by atoms with E-state index >= 15 is 0 Å². The first-order valence-corrected chi connectivity index (χ1v) is 5.87. The smallest absolute Gasteiger partial charge is 0.193 e. The maximum atomic E-state index is 6.06. The maximum Gasteiger partial charge on any atom is 0.193 e. The number of thiazole rings is 1. The van der Waals surface area contributed by atoms with Crippen LogP contribution >= 0.6 is 11.3 Å².